The summed E-state index contributed by atoms with van der Waals surface area (Å²) in [5.41, 5.74) is 2.90. The Balaban J connectivity index is 0.00000106. The van der Waals surface area contributed by atoms with Crippen LogP contribution in [0.3, 0.4) is 0 Å². The molecule has 0 spiro atoms. The molecule has 0 aliphatic carbocycles. The second-order valence-electron chi connectivity index (χ2n) is 6.36. The van der Waals surface area contributed by atoms with Gasteiger partial charge in [0.25, 0.3) is 0 Å². The fourth-order valence-corrected chi connectivity index (χ4v) is 2.96. The Morgan fingerprint density at radius 1 is 1.10 bits per heavy atom. The van der Waals surface area contributed by atoms with Gasteiger partial charge in [0.1, 0.15) is 0 Å². The minimum absolute atomic E-state index is 0.498. The summed E-state index contributed by atoms with van der Waals surface area (Å²) in [7, 11) is 0. The van der Waals surface area contributed by atoms with E-state index in [2.05, 4.69) is 69.1 Å². The molecule has 1 heterocycles. The number of hydrogen-bond donors (Lipinski definition) is 1. The first-order valence-electron chi connectivity index (χ1n) is 8.58. The van der Waals surface area contributed by atoms with Crippen LogP contribution in [0.4, 0.5) is 0 Å². The second kappa shape index (κ2) is 8.55. The fourth-order valence-electron chi connectivity index (χ4n) is 2.96. The van der Waals surface area contributed by atoms with E-state index in [9.17, 15) is 0 Å². The third-order valence-corrected chi connectivity index (χ3v) is 4.37. The highest BCUT2D eigenvalue weighted by Crippen LogP contribution is 2.26. The zero-order chi connectivity index (χ0) is 16.0. The fraction of sp³-hybridized carbons (Fsp3) is 0.684. The molecule has 0 unspecified atom stereocenters. The lowest BCUT2D eigenvalue weighted by Gasteiger charge is -2.41. The number of benzene rings is 1. The standard InChI is InChI=1S/C17H28N2.C2H6/c1-12(2)16-7-6-8-17(9-16)15(5)19-11-13(3)18-10-14(19)4;1-2/h6-9,12-15,18H,10-11H2,1-5H3;1-2H3/t13-,14-,15-;/m1./s1. The zero-order valence-electron chi connectivity index (χ0n) is 15.0. The summed E-state index contributed by atoms with van der Waals surface area (Å²) in [5.74, 6) is 0.603. The Morgan fingerprint density at radius 3 is 2.33 bits per heavy atom. The van der Waals surface area contributed by atoms with Crippen molar-refractivity contribution in [1.29, 1.82) is 0 Å². The van der Waals surface area contributed by atoms with Gasteiger partial charge in [-0.15, -0.1) is 0 Å². The molecular formula is C19H34N2. The maximum absolute atomic E-state index is 3.56. The molecule has 0 saturated carbocycles. The van der Waals surface area contributed by atoms with Crippen LogP contribution < -0.4 is 5.32 Å². The first kappa shape index (κ1) is 18.2. The van der Waals surface area contributed by atoms with Gasteiger partial charge in [0, 0.05) is 31.2 Å². The van der Waals surface area contributed by atoms with Crippen molar-refractivity contribution in [2.45, 2.75) is 72.5 Å². The summed E-state index contributed by atoms with van der Waals surface area (Å²) in [4.78, 5) is 2.63. The largest absolute Gasteiger partial charge is 0.311 e. The summed E-state index contributed by atoms with van der Waals surface area (Å²) >= 11 is 0. The lowest BCUT2D eigenvalue weighted by atomic mass is 9.96. The van der Waals surface area contributed by atoms with Crippen molar-refractivity contribution in [2.75, 3.05) is 13.1 Å². The van der Waals surface area contributed by atoms with Crippen molar-refractivity contribution < 1.29 is 0 Å². The molecule has 2 nitrogen and oxygen atoms in total. The molecule has 0 bridgehead atoms. The smallest absolute Gasteiger partial charge is 0.0323 e. The lowest BCUT2D eigenvalue weighted by Crippen LogP contribution is -2.54. The number of nitrogens with zero attached hydrogens (tertiary/aromatic N) is 1. The van der Waals surface area contributed by atoms with E-state index in [-0.39, 0.29) is 0 Å². The van der Waals surface area contributed by atoms with Crippen LogP contribution in [-0.4, -0.2) is 30.1 Å². The van der Waals surface area contributed by atoms with Crippen molar-refractivity contribution >= 4 is 0 Å². The van der Waals surface area contributed by atoms with Crippen LogP contribution in [0.5, 0.6) is 0 Å². The van der Waals surface area contributed by atoms with Crippen molar-refractivity contribution in [3.63, 3.8) is 0 Å². The van der Waals surface area contributed by atoms with Gasteiger partial charge >= 0.3 is 0 Å². The van der Waals surface area contributed by atoms with Gasteiger partial charge in [-0.2, -0.15) is 0 Å². The van der Waals surface area contributed by atoms with Gasteiger partial charge in [-0.3, -0.25) is 4.90 Å². The van der Waals surface area contributed by atoms with Crippen LogP contribution in [-0.2, 0) is 0 Å². The van der Waals surface area contributed by atoms with Gasteiger partial charge < -0.3 is 5.32 Å². The topological polar surface area (TPSA) is 15.3 Å². The van der Waals surface area contributed by atoms with E-state index in [1.165, 1.54) is 11.1 Å². The van der Waals surface area contributed by atoms with Crippen molar-refractivity contribution in [1.82, 2.24) is 10.2 Å². The first-order chi connectivity index (χ1) is 9.99. The molecule has 3 atom stereocenters. The Bertz CT molecular complexity index is 414. The van der Waals surface area contributed by atoms with Crippen molar-refractivity contribution in [3.8, 4) is 0 Å². The third-order valence-electron chi connectivity index (χ3n) is 4.37. The third kappa shape index (κ3) is 4.82. The molecule has 1 aliphatic heterocycles. The van der Waals surface area contributed by atoms with Crippen LogP contribution in [0.25, 0.3) is 0 Å². The molecule has 0 radical (unpaired) electrons. The average Bonchev–Trinajstić information content (AvgIpc) is 2.51. The number of nitrogens with one attached hydrogen (secondary N) is 1. The maximum Gasteiger partial charge on any atom is 0.0323 e. The molecule has 1 aliphatic rings. The SMILES string of the molecule is CC.CC(C)c1cccc([C@@H](C)N2C[C@@H](C)NC[C@H]2C)c1. The lowest BCUT2D eigenvalue weighted by molar-refractivity contribution is 0.103. The quantitative estimate of drug-likeness (QED) is 0.876. The second-order valence-corrected chi connectivity index (χ2v) is 6.36. The highest BCUT2D eigenvalue weighted by Gasteiger charge is 2.27. The van der Waals surface area contributed by atoms with Gasteiger partial charge in [-0.1, -0.05) is 52.0 Å². The van der Waals surface area contributed by atoms with E-state index in [1.54, 1.807) is 0 Å². The van der Waals surface area contributed by atoms with E-state index < -0.39 is 0 Å². The molecule has 1 saturated heterocycles. The minimum Gasteiger partial charge on any atom is -0.311 e. The molecule has 1 fully saturated rings. The van der Waals surface area contributed by atoms with Gasteiger partial charge in [0.05, 0.1) is 0 Å². The van der Waals surface area contributed by atoms with E-state index in [1.807, 2.05) is 13.8 Å². The number of piperazine rings is 1. The Labute approximate surface area is 131 Å². The molecule has 2 rings (SSSR count). The predicted octanol–water partition coefficient (Wildman–Crippen LogP) is 4.58. The Kier molecular flexibility index (Phi) is 7.41. The van der Waals surface area contributed by atoms with Crippen LogP contribution in [0, 0.1) is 0 Å². The Morgan fingerprint density at radius 2 is 1.71 bits per heavy atom. The van der Waals surface area contributed by atoms with Gasteiger partial charge in [0.2, 0.25) is 0 Å². The minimum atomic E-state index is 0.498. The average molecular weight is 290 g/mol. The summed E-state index contributed by atoms with van der Waals surface area (Å²) < 4.78 is 0. The molecule has 1 aromatic carbocycles. The van der Waals surface area contributed by atoms with E-state index >= 15 is 0 Å². The molecule has 0 amide bonds. The van der Waals surface area contributed by atoms with Crippen LogP contribution >= 0.6 is 0 Å². The zero-order valence-corrected chi connectivity index (χ0v) is 15.0. The molecule has 0 aromatic heterocycles. The summed E-state index contributed by atoms with van der Waals surface area (Å²) in [5, 5.41) is 3.56. The summed E-state index contributed by atoms with van der Waals surface area (Å²) in [6.07, 6.45) is 0. The first-order valence-corrected chi connectivity index (χ1v) is 8.58. The van der Waals surface area contributed by atoms with E-state index in [4.69, 9.17) is 0 Å². The summed E-state index contributed by atoms with van der Waals surface area (Å²) in [6.45, 7) is 17.7. The van der Waals surface area contributed by atoms with E-state index in [0.29, 0.717) is 24.0 Å². The monoisotopic (exact) mass is 290 g/mol. The molecule has 1 aromatic rings. The molecule has 21 heavy (non-hydrogen) atoms. The highest BCUT2D eigenvalue weighted by atomic mass is 15.2. The van der Waals surface area contributed by atoms with Crippen LogP contribution in [0.1, 0.15) is 71.6 Å². The highest BCUT2D eigenvalue weighted by molar-refractivity contribution is 5.28. The van der Waals surface area contributed by atoms with Gasteiger partial charge in [-0.05, 0) is 37.8 Å². The molecule has 1 N–H and O–H groups in total. The molecular weight excluding hydrogens is 256 g/mol. The van der Waals surface area contributed by atoms with Gasteiger partial charge in [0.15, 0.2) is 0 Å². The summed E-state index contributed by atoms with van der Waals surface area (Å²) in [6, 6.07) is 10.8. The maximum atomic E-state index is 3.56. The van der Waals surface area contributed by atoms with Crippen LogP contribution in [0.15, 0.2) is 24.3 Å². The Hall–Kier alpha value is -0.860. The predicted molar refractivity (Wildman–Crippen MR) is 93.9 cm³/mol. The van der Waals surface area contributed by atoms with Crippen molar-refractivity contribution in [2.24, 2.45) is 0 Å². The number of hydrogen-bond acceptors (Lipinski definition) is 2. The number of rotatable bonds is 3. The van der Waals surface area contributed by atoms with Crippen molar-refractivity contribution in [3.05, 3.63) is 35.4 Å². The van der Waals surface area contributed by atoms with Crippen LogP contribution in [0.2, 0.25) is 0 Å². The molecule has 120 valence electrons. The normalized spacial score (nSPS) is 24.4. The molecule has 2 heteroatoms. The van der Waals surface area contributed by atoms with E-state index in [0.717, 1.165) is 13.1 Å². The van der Waals surface area contributed by atoms with Gasteiger partial charge in [-0.25, -0.2) is 0 Å².